The Hall–Kier alpha value is -3.16. The third-order valence-electron chi connectivity index (χ3n) is 7.05. The molecule has 1 aromatic heterocycles. The number of nitrogens with zero attached hydrogens (tertiary/aromatic N) is 2. The lowest BCUT2D eigenvalue weighted by atomic mass is 10.0. The molecule has 2 unspecified atom stereocenters. The van der Waals surface area contributed by atoms with Crippen molar-refractivity contribution in [2.75, 3.05) is 32.7 Å². The van der Waals surface area contributed by atoms with Gasteiger partial charge in [-0.2, -0.15) is 0 Å². The van der Waals surface area contributed by atoms with Crippen molar-refractivity contribution in [2.24, 2.45) is 11.8 Å². The highest BCUT2D eigenvalue weighted by molar-refractivity contribution is 6.33. The fraction of sp³-hybridized carbons (Fsp3) is 0.333. The highest BCUT2D eigenvalue weighted by Crippen LogP contribution is 2.33. The molecule has 2 saturated heterocycles. The quantitative estimate of drug-likeness (QED) is 0.518. The zero-order valence-electron chi connectivity index (χ0n) is 19.2. The van der Waals surface area contributed by atoms with Gasteiger partial charge in [0.25, 0.3) is 11.8 Å². The number of carbonyl (C=O) groups is 2. The predicted molar refractivity (Wildman–Crippen MR) is 131 cm³/mol. The maximum atomic E-state index is 14.2. The van der Waals surface area contributed by atoms with Crippen LogP contribution < -0.4 is 5.32 Å². The van der Waals surface area contributed by atoms with Crippen molar-refractivity contribution in [3.63, 3.8) is 0 Å². The average Bonchev–Trinajstić information content (AvgIpc) is 3.59. The largest absolute Gasteiger partial charge is 0.472 e. The fourth-order valence-corrected chi connectivity index (χ4v) is 5.50. The van der Waals surface area contributed by atoms with E-state index in [2.05, 4.69) is 10.2 Å². The van der Waals surface area contributed by atoms with Crippen LogP contribution in [0.4, 0.5) is 4.39 Å². The lowest BCUT2D eigenvalue weighted by molar-refractivity contribution is 0.0769. The van der Waals surface area contributed by atoms with E-state index in [0.29, 0.717) is 30.5 Å². The summed E-state index contributed by atoms with van der Waals surface area (Å²) in [5.74, 6) is -0.377. The first-order chi connectivity index (χ1) is 17.0. The van der Waals surface area contributed by atoms with E-state index in [9.17, 15) is 14.0 Å². The number of amides is 2. The van der Waals surface area contributed by atoms with Gasteiger partial charge in [-0.25, -0.2) is 4.39 Å². The van der Waals surface area contributed by atoms with Crippen LogP contribution in [-0.2, 0) is 0 Å². The second-order valence-electron chi connectivity index (χ2n) is 9.32. The summed E-state index contributed by atoms with van der Waals surface area (Å²) < 4.78 is 19.3. The van der Waals surface area contributed by atoms with Crippen LogP contribution in [0.25, 0.3) is 0 Å². The topological polar surface area (TPSA) is 65.8 Å². The summed E-state index contributed by atoms with van der Waals surface area (Å²) in [7, 11) is 0. The maximum absolute atomic E-state index is 14.2. The highest BCUT2D eigenvalue weighted by atomic mass is 35.5. The van der Waals surface area contributed by atoms with Crippen molar-refractivity contribution < 1.29 is 18.4 Å². The maximum Gasteiger partial charge on any atom is 0.258 e. The van der Waals surface area contributed by atoms with Crippen molar-refractivity contribution in [3.8, 4) is 0 Å². The molecule has 1 N–H and O–H groups in total. The van der Waals surface area contributed by atoms with Crippen LogP contribution >= 0.6 is 11.6 Å². The van der Waals surface area contributed by atoms with Crippen molar-refractivity contribution in [2.45, 2.75) is 12.5 Å². The molecule has 2 amide bonds. The van der Waals surface area contributed by atoms with E-state index in [1.54, 1.807) is 17.0 Å². The zero-order valence-corrected chi connectivity index (χ0v) is 20.0. The van der Waals surface area contributed by atoms with E-state index in [4.69, 9.17) is 16.0 Å². The Balaban J connectivity index is 1.18. The first-order valence-electron chi connectivity index (χ1n) is 11.8. The number of halogens is 2. The minimum Gasteiger partial charge on any atom is -0.472 e. The number of likely N-dealkylation sites (tertiary alicyclic amines) is 2. The second kappa shape index (κ2) is 10.2. The smallest absolute Gasteiger partial charge is 0.258 e. The normalized spacial score (nSPS) is 20.6. The van der Waals surface area contributed by atoms with E-state index >= 15 is 0 Å². The number of nitrogens with one attached hydrogen (secondary N) is 1. The Kier molecular flexibility index (Phi) is 6.88. The van der Waals surface area contributed by atoms with Gasteiger partial charge in [0, 0.05) is 32.7 Å². The van der Waals surface area contributed by atoms with Crippen LogP contribution in [0.15, 0.2) is 71.5 Å². The molecule has 8 heteroatoms. The monoisotopic (exact) mass is 495 g/mol. The van der Waals surface area contributed by atoms with Gasteiger partial charge in [0.05, 0.1) is 28.5 Å². The summed E-state index contributed by atoms with van der Waals surface area (Å²) in [6, 6.07) is 15.8. The Morgan fingerprint density at radius 1 is 1.03 bits per heavy atom. The molecule has 2 aliphatic rings. The summed E-state index contributed by atoms with van der Waals surface area (Å²) in [5.41, 5.74) is 1.52. The second-order valence-corrected chi connectivity index (χ2v) is 9.73. The van der Waals surface area contributed by atoms with Gasteiger partial charge >= 0.3 is 0 Å². The van der Waals surface area contributed by atoms with Crippen LogP contribution in [0, 0.1) is 17.7 Å². The van der Waals surface area contributed by atoms with Crippen molar-refractivity contribution in [1.82, 2.24) is 15.1 Å². The van der Waals surface area contributed by atoms with Crippen LogP contribution in [0.2, 0.25) is 5.02 Å². The van der Waals surface area contributed by atoms with E-state index in [1.807, 2.05) is 30.3 Å². The highest BCUT2D eigenvalue weighted by Gasteiger charge is 2.42. The summed E-state index contributed by atoms with van der Waals surface area (Å²) in [6.45, 7) is 3.77. The molecule has 3 heterocycles. The van der Waals surface area contributed by atoms with E-state index in [0.717, 1.165) is 31.6 Å². The van der Waals surface area contributed by atoms with Crippen LogP contribution in [0.5, 0.6) is 0 Å². The first kappa shape index (κ1) is 23.6. The number of hydrogen-bond donors (Lipinski definition) is 1. The lowest BCUT2D eigenvalue weighted by Crippen LogP contribution is -2.35. The Labute approximate surface area is 208 Å². The molecular weight excluding hydrogens is 469 g/mol. The van der Waals surface area contributed by atoms with Gasteiger partial charge < -0.3 is 19.5 Å². The molecule has 3 atom stereocenters. The predicted octanol–water partition coefficient (Wildman–Crippen LogP) is 4.64. The molecule has 0 aliphatic carbocycles. The number of hydrogen-bond acceptors (Lipinski definition) is 4. The van der Waals surface area contributed by atoms with Gasteiger partial charge in [-0.15, -0.1) is 0 Å². The molecule has 2 aromatic carbocycles. The van der Waals surface area contributed by atoms with Gasteiger partial charge in [-0.3, -0.25) is 9.59 Å². The van der Waals surface area contributed by atoms with E-state index in [1.165, 1.54) is 24.7 Å². The van der Waals surface area contributed by atoms with Gasteiger partial charge in [-0.05, 0) is 42.0 Å². The molecule has 182 valence electrons. The number of carbonyl (C=O) groups excluding carboxylic acids is 2. The van der Waals surface area contributed by atoms with Crippen LogP contribution in [-0.4, -0.2) is 54.3 Å². The molecular formula is C27H27ClFN3O3. The minimum absolute atomic E-state index is 0.0370. The summed E-state index contributed by atoms with van der Waals surface area (Å²) in [4.78, 5) is 29.7. The molecule has 2 aliphatic heterocycles. The molecule has 0 bridgehead atoms. The Morgan fingerprint density at radius 2 is 1.77 bits per heavy atom. The van der Waals surface area contributed by atoms with Crippen LogP contribution in [0.3, 0.4) is 0 Å². The minimum atomic E-state index is -0.578. The molecule has 3 aromatic rings. The average molecular weight is 496 g/mol. The number of fused-ring (bicyclic) bond motifs is 1. The molecule has 0 radical (unpaired) electrons. The number of benzene rings is 2. The van der Waals surface area contributed by atoms with E-state index < -0.39 is 5.82 Å². The summed E-state index contributed by atoms with van der Waals surface area (Å²) in [6.07, 6.45) is 3.70. The summed E-state index contributed by atoms with van der Waals surface area (Å²) in [5, 5.41) is 3.29. The van der Waals surface area contributed by atoms with Crippen molar-refractivity contribution in [1.29, 1.82) is 0 Å². The SMILES string of the molecule is O=C(N[C@@H](CCN1CC2CN(C(=O)c3c(F)cccc3Cl)CC2C1)c1ccccc1)c1ccoc1. The number of rotatable bonds is 7. The molecule has 0 saturated carbocycles. The molecule has 0 spiro atoms. The Morgan fingerprint density at radius 3 is 2.43 bits per heavy atom. The zero-order chi connectivity index (χ0) is 24.4. The van der Waals surface area contributed by atoms with Gasteiger partial charge in [0.1, 0.15) is 12.1 Å². The summed E-state index contributed by atoms with van der Waals surface area (Å²) >= 11 is 6.11. The first-order valence-corrected chi connectivity index (χ1v) is 12.2. The molecule has 5 rings (SSSR count). The Bertz CT molecular complexity index is 1150. The van der Waals surface area contributed by atoms with Gasteiger partial charge in [0.15, 0.2) is 0 Å². The van der Waals surface area contributed by atoms with Gasteiger partial charge in [-0.1, -0.05) is 48.0 Å². The van der Waals surface area contributed by atoms with Crippen molar-refractivity contribution >= 4 is 23.4 Å². The standard InChI is InChI=1S/C27H27ClFN3O3/c28-22-7-4-8-23(29)25(22)27(34)32-15-20-13-31(14-21(20)16-32)11-9-24(18-5-2-1-3-6-18)30-26(33)19-10-12-35-17-19/h1-8,10,12,17,20-21,24H,9,11,13-16H2,(H,30,33)/t20?,21?,24-/m0/s1. The number of furan rings is 1. The van der Waals surface area contributed by atoms with Crippen molar-refractivity contribution in [3.05, 3.63) is 94.7 Å². The third kappa shape index (κ3) is 5.11. The molecule has 2 fully saturated rings. The van der Waals surface area contributed by atoms with Crippen LogP contribution in [0.1, 0.15) is 38.7 Å². The fourth-order valence-electron chi connectivity index (χ4n) is 5.25. The molecule has 6 nitrogen and oxygen atoms in total. The lowest BCUT2D eigenvalue weighted by Gasteiger charge is -2.25. The van der Waals surface area contributed by atoms with Gasteiger partial charge in [0.2, 0.25) is 0 Å². The molecule has 35 heavy (non-hydrogen) atoms. The van der Waals surface area contributed by atoms with E-state index in [-0.39, 0.29) is 28.4 Å². The third-order valence-corrected chi connectivity index (χ3v) is 7.37.